The van der Waals surface area contributed by atoms with Crippen LogP contribution < -0.4 is 5.32 Å². The quantitative estimate of drug-likeness (QED) is 0.859. The minimum absolute atomic E-state index is 0.0786. The first-order chi connectivity index (χ1) is 9.77. The zero-order valence-corrected chi connectivity index (χ0v) is 14.8. The predicted octanol–water partition coefficient (Wildman–Crippen LogP) is 3.75. The number of carbonyl (C=O) groups excluding carboxylic acids is 1. The number of hydrogen-bond donors (Lipinski definition) is 1. The number of amides is 1. The maximum Gasteiger partial charge on any atom is 0.265 e. The van der Waals surface area contributed by atoms with Crippen LogP contribution in [0, 0.1) is 5.92 Å². The molecule has 4 nitrogen and oxygen atoms in total. The van der Waals surface area contributed by atoms with Crippen molar-refractivity contribution in [3.8, 4) is 0 Å². The fraction of sp³-hybridized carbons (Fsp3) is 0.800. The van der Waals surface area contributed by atoms with E-state index in [1.54, 1.807) is 0 Å². The van der Waals surface area contributed by atoms with Gasteiger partial charge in [-0.1, -0.05) is 32.2 Å². The summed E-state index contributed by atoms with van der Waals surface area (Å²) in [5.41, 5.74) is 0.304. The summed E-state index contributed by atoms with van der Waals surface area (Å²) in [5.74, 6) is 1.10. The monoisotopic (exact) mass is 329 g/mol. The summed E-state index contributed by atoms with van der Waals surface area (Å²) >= 11 is 7.34. The number of halogens is 1. The highest BCUT2D eigenvalue weighted by Gasteiger charge is 2.37. The van der Waals surface area contributed by atoms with Crippen molar-refractivity contribution in [2.75, 3.05) is 5.88 Å². The first-order valence-corrected chi connectivity index (χ1v) is 8.79. The summed E-state index contributed by atoms with van der Waals surface area (Å²) in [7, 11) is 0. The molecule has 6 heteroatoms. The van der Waals surface area contributed by atoms with E-state index in [0.29, 0.717) is 16.7 Å². The molecule has 1 fully saturated rings. The Balaban J connectivity index is 2.16. The second-order valence-corrected chi connectivity index (χ2v) is 8.27. The second kappa shape index (κ2) is 6.21. The van der Waals surface area contributed by atoms with Gasteiger partial charge < -0.3 is 5.32 Å². The highest BCUT2D eigenvalue weighted by molar-refractivity contribution is 7.08. The van der Waals surface area contributed by atoms with Crippen LogP contribution in [0.2, 0.25) is 0 Å². The number of aromatic nitrogens is 2. The molecule has 1 heterocycles. The molecule has 1 N–H and O–H groups in total. The predicted molar refractivity (Wildman–Crippen MR) is 87.2 cm³/mol. The van der Waals surface area contributed by atoms with Crippen LogP contribution in [0.4, 0.5) is 0 Å². The van der Waals surface area contributed by atoms with Gasteiger partial charge in [-0.3, -0.25) is 4.79 Å². The molecule has 0 aromatic carbocycles. The lowest BCUT2D eigenvalue weighted by Gasteiger charge is -2.38. The molecule has 0 aliphatic heterocycles. The smallest absolute Gasteiger partial charge is 0.265 e. The van der Waals surface area contributed by atoms with Gasteiger partial charge in [-0.2, -0.15) is 0 Å². The molecular weight excluding hydrogens is 306 g/mol. The standard InChI is InChI=1S/C15H24ClN3OS/c1-10-5-7-15(9-16,8-6-10)17-13(20)11-12(14(2,3)4)18-19-21-11/h10H,5-9H2,1-4H3,(H,17,20). The number of nitrogens with zero attached hydrogens (tertiary/aromatic N) is 2. The molecule has 0 spiro atoms. The van der Waals surface area contributed by atoms with Crippen molar-refractivity contribution in [1.82, 2.24) is 14.9 Å². The van der Waals surface area contributed by atoms with Gasteiger partial charge >= 0.3 is 0 Å². The average Bonchev–Trinajstić information content (AvgIpc) is 2.91. The topological polar surface area (TPSA) is 54.9 Å². The van der Waals surface area contributed by atoms with Crippen LogP contribution in [-0.4, -0.2) is 26.9 Å². The van der Waals surface area contributed by atoms with Gasteiger partial charge in [0.2, 0.25) is 0 Å². The molecule has 1 amide bonds. The maximum atomic E-state index is 12.6. The van der Waals surface area contributed by atoms with E-state index in [-0.39, 0.29) is 16.9 Å². The van der Waals surface area contributed by atoms with Crippen LogP contribution >= 0.6 is 23.1 Å². The van der Waals surface area contributed by atoms with Crippen molar-refractivity contribution >= 4 is 29.0 Å². The van der Waals surface area contributed by atoms with E-state index in [4.69, 9.17) is 11.6 Å². The summed E-state index contributed by atoms with van der Waals surface area (Å²) in [4.78, 5) is 13.3. The molecule has 2 rings (SSSR count). The Kier molecular flexibility index (Phi) is 4.93. The third-order valence-corrected chi connectivity index (χ3v) is 5.51. The summed E-state index contributed by atoms with van der Waals surface area (Å²) in [5, 5.41) is 7.31. The van der Waals surface area contributed by atoms with Crippen LogP contribution in [0.1, 0.15) is 68.7 Å². The van der Waals surface area contributed by atoms with E-state index in [1.165, 1.54) is 11.5 Å². The Morgan fingerprint density at radius 1 is 1.43 bits per heavy atom. The summed E-state index contributed by atoms with van der Waals surface area (Å²) < 4.78 is 3.96. The van der Waals surface area contributed by atoms with Gasteiger partial charge in [-0.15, -0.1) is 16.7 Å². The van der Waals surface area contributed by atoms with Gasteiger partial charge in [-0.05, 0) is 43.1 Å². The van der Waals surface area contributed by atoms with Gasteiger partial charge in [0.15, 0.2) is 0 Å². The maximum absolute atomic E-state index is 12.6. The molecule has 1 aromatic heterocycles. The van der Waals surface area contributed by atoms with Crippen LogP contribution in [-0.2, 0) is 5.41 Å². The van der Waals surface area contributed by atoms with Crippen LogP contribution in [0.25, 0.3) is 0 Å². The van der Waals surface area contributed by atoms with Gasteiger partial charge in [-0.25, -0.2) is 0 Å². The third kappa shape index (κ3) is 3.75. The van der Waals surface area contributed by atoms with Crippen LogP contribution in [0.15, 0.2) is 0 Å². The molecule has 0 bridgehead atoms. The van der Waals surface area contributed by atoms with Crippen molar-refractivity contribution in [3.63, 3.8) is 0 Å². The fourth-order valence-electron chi connectivity index (χ4n) is 2.73. The summed E-state index contributed by atoms with van der Waals surface area (Å²) in [6, 6.07) is 0. The van der Waals surface area contributed by atoms with Crippen molar-refractivity contribution in [3.05, 3.63) is 10.6 Å². The minimum atomic E-state index is -0.274. The largest absolute Gasteiger partial charge is 0.345 e. The molecule has 1 aliphatic rings. The Labute approximate surface area is 135 Å². The average molecular weight is 330 g/mol. The van der Waals surface area contributed by atoms with Gasteiger partial charge in [0.25, 0.3) is 5.91 Å². The lowest BCUT2D eigenvalue weighted by molar-refractivity contribution is 0.0874. The Hall–Kier alpha value is -0.680. The molecule has 21 heavy (non-hydrogen) atoms. The molecule has 0 saturated heterocycles. The molecule has 1 aromatic rings. The Morgan fingerprint density at radius 2 is 2.05 bits per heavy atom. The van der Waals surface area contributed by atoms with Crippen LogP contribution in [0.5, 0.6) is 0 Å². The van der Waals surface area contributed by atoms with Crippen molar-refractivity contribution < 1.29 is 4.79 Å². The third-order valence-electron chi connectivity index (χ3n) is 4.27. The SMILES string of the molecule is CC1CCC(CCl)(NC(=O)c2snnc2C(C)(C)C)CC1. The van der Waals surface area contributed by atoms with Gasteiger partial charge in [0.1, 0.15) is 4.88 Å². The van der Waals surface area contributed by atoms with Gasteiger partial charge in [0, 0.05) is 11.3 Å². The number of nitrogens with one attached hydrogen (secondary N) is 1. The van der Waals surface area contributed by atoms with E-state index in [0.717, 1.165) is 31.4 Å². The second-order valence-electron chi connectivity index (χ2n) is 7.25. The zero-order valence-electron chi connectivity index (χ0n) is 13.2. The first-order valence-electron chi connectivity index (χ1n) is 7.49. The molecule has 0 unspecified atom stereocenters. The van der Waals surface area contributed by atoms with Crippen molar-refractivity contribution in [2.24, 2.45) is 5.92 Å². The van der Waals surface area contributed by atoms with E-state index in [2.05, 4.69) is 21.8 Å². The number of alkyl halides is 1. The molecular formula is C15H24ClN3OS. The lowest BCUT2D eigenvalue weighted by Crippen LogP contribution is -2.52. The van der Waals surface area contributed by atoms with E-state index in [1.807, 2.05) is 20.8 Å². The first kappa shape index (κ1) is 16.7. The lowest BCUT2D eigenvalue weighted by atomic mass is 9.78. The molecule has 0 radical (unpaired) electrons. The Bertz CT molecular complexity index is 501. The molecule has 1 aliphatic carbocycles. The van der Waals surface area contributed by atoms with Crippen molar-refractivity contribution in [2.45, 2.75) is 64.3 Å². The Morgan fingerprint density at radius 3 is 2.57 bits per heavy atom. The molecule has 118 valence electrons. The fourth-order valence-corrected chi connectivity index (χ4v) is 3.84. The highest BCUT2D eigenvalue weighted by Crippen LogP contribution is 2.34. The van der Waals surface area contributed by atoms with E-state index < -0.39 is 0 Å². The van der Waals surface area contributed by atoms with Crippen LogP contribution in [0.3, 0.4) is 0 Å². The number of hydrogen-bond acceptors (Lipinski definition) is 4. The van der Waals surface area contributed by atoms with Crippen molar-refractivity contribution in [1.29, 1.82) is 0 Å². The normalized spacial score (nSPS) is 26.6. The number of rotatable bonds is 3. The van der Waals surface area contributed by atoms with Gasteiger partial charge in [0.05, 0.1) is 11.2 Å². The van der Waals surface area contributed by atoms with E-state index in [9.17, 15) is 4.79 Å². The number of carbonyl (C=O) groups is 1. The highest BCUT2D eigenvalue weighted by atomic mass is 35.5. The summed E-state index contributed by atoms with van der Waals surface area (Å²) in [6.45, 7) is 8.38. The molecule has 1 saturated carbocycles. The molecule has 0 atom stereocenters. The zero-order chi connectivity index (χ0) is 15.7. The minimum Gasteiger partial charge on any atom is -0.345 e. The summed E-state index contributed by atoms with van der Waals surface area (Å²) in [6.07, 6.45) is 4.11. The van der Waals surface area contributed by atoms with E-state index >= 15 is 0 Å².